The van der Waals surface area contributed by atoms with Gasteiger partial charge in [0.25, 0.3) is 0 Å². The maximum atomic E-state index is 12.5. The molecule has 2 nitrogen and oxygen atoms in total. The van der Waals surface area contributed by atoms with Crippen molar-refractivity contribution in [2.45, 2.75) is 96.5 Å². The predicted molar refractivity (Wildman–Crippen MR) is 105 cm³/mol. The van der Waals surface area contributed by atoms with Crippen LogP contribution in [-0.4, -0.2) is 12.1 Å². The molecule has 2 heteroatoms. The summed E-state index contributed by atoms with van der Waals surface area (Å²) in [6.45, 7) is 4.46. The smallest absolute Gasteiger partial charge is 0.309 e. The molecule has 2 rings (SSSR count). The van der Waals surface area contributed by atoms with Crippen LogP contribution in [-0.2, 0) is 9.53 Å². The molecular weight excluding hydrogens is 308 g/mol. The quantitative estimate of drug-likeness (QED) is 0.296. The van der Waals surface area contributed by atoms with Crippen molar-refractivity contribution in [1.82, 2.24) is 0 Å². The number of ether oxygens (including phenoxy) is 1. The average Bonchev–Trinajstić information content (AvgIpc) is 3.44. The minimum Gasteiger partial charge on any atom is -0.462 e. The maximum Gasteiger partial charge on any atom is 0.309 e. The number of unbranched alkanes of at least 4 members (excludes halogenated alkanes) is 6. The molecule has 1 saturated carbocycles. The maximum absolute atomic E-state index is 12.5. The van der Waals surface area contributed by atoms with Gasteiger partial charge in [-0.3, -0.25) is 4.79 Å². The van der Waals surface area contributed by atoms with Crippen LogP contribution in [0, 0.1) is 5.92 Å². The fourth-order valence-corrected chi connectivity index (χ4v) is 3.62. The zero-order valence-electron chi connectivity index (χ0n) is 16.2. The van der Waals surface area contributed by atoms with Gasteiger partial charge in [0.05, 0.1) is 5.92 Å². The van der Waals surface area contributed by atoms with E-state index in [-0.39, 0.29) is 18.0 Å². The van der Waals surface area contributed by atoms with Gasteiger partial charge in [-0.15, -0.1) is 0 Å². The number of rotatable bonds is 13. The molecule has 1 aromatic rings. The lowest BCUT2D eigenvalue weighted by atomic mass is 10.0. The summed E-state index contributed by atoms with van der Waals surface area (Å²) in [5.74, 6) is 0.520. The second kappa shape index (κ2) is 11.3. The Labute approximate surface area is 154 Å². The number of benzene rings is 1. The summed E-state index contributed by atoms with van der Waals surface area (Å²) in [5, 5.41) is 0. The molecule has 1 aromatic carbocycles. The number of hydrogen-bond acceptors (Lipinski definition) is 2. The van der Waals surface area contributed by atoms with E-state index in [1.165, 1.54) is 50.5 Å². The molecule has 0 N–H and O–H groups in total. The van der Waals surface area contributed by atoms with E-state index in [9.17, 15) is 4.79 Å². The molecule has 1 aliphatic rings. The van der Waals surface area contributed by atoms with Crippen molar-refractivity contribution >= 4 is 5.97 Å². The Kier molecular flexibility index (Phi) is 9.07. The van der Waals surface area contributed by atoms with Crippen molar-refractivity contribution in [3.8, 4) is 0 Å². The molecule has 0 amide bonds. The summed E-state index contributed by atoms with van der Waals surface area (Å²) in [7, 11) is 0. The van der Waals surface area contributed by atoms with Crippen molar-refractivity contribution in [1.29, 1.82) is 0 Å². The predicted octanol–water partition coefficient (Wildman–Crippen LogP) is 6.64. The van der Waals surface area contributed by atoms with E-state index in [4.69, 9.17) is 4.74 Å². The minimum atomic E-state index is 0.0425. The summed E-state index contributed by atoms with van der Waals surface area (Å²) in [6.07, 6.45) is 13.3. The van der Waals surface area contributed by atoms with Gasteiger partial charge in [-0.2, -0.15) is 0 Å². The fraction of sp³-hybridized carbons (Fsp3) is 0.696. The number of carbonyl (C=O) groups is 1. The Bertz CT molecular complexity index is 482. The Morgan fingerprint density at radius 1 is 0.960 bits per heavy atom. The van der Waals surface area contributed by atoms with E-state index in [2.05, 4.69) is 38.1 Å². The highest BCUT2D eigenvalue weighted by atomic mass is 16.5. The molecule has 3 atom stereocenters. The molecule has 0 aromatic heterocycles. The van der Waals surface area contributed by atoms with Crippen LogP contribution in [0.3, 0.4) is 0 Å². The average molecular weight is 345 g/mol. The van der Waals surface area contributed by atoms with Crippen molar-refractivity contribution in [2.24, 2.45) is 5.92 Å². The van der Waals surface area contributed by atoms with Gasteiger partial charge >= 0.3 is 5.97 Å². The van der Waals surface area contributed by atoms with Gasteiger partial charge in [0.1, 0.15) is 6.10 Å². The van der Waals surface area contributed by atoms with E-state index < -0.39 is 0 Å². The summed E-state index contributed by atoms with van der Waals surface area (Å²) < 4.78 is 5.92. The van der Waals surface area contributed by atoms with Crippen molar-refractivity contribution in [2.75, 3.05) is 0 Å². The highest BCUT2D eigenvalue weighted by Crippen LogP contribution is 2.48. The van der Waals surface area contributed by atoms with Crippen LogP contribution < -0.4 is 0 Å². The third kappa shape index (κ3) is 7.22. The Hall–Kier alpha value is -1.31. The zero-order valence-corrected chi connectivity index (χ0v) is 16.2. The van der Waals surface area contributed by atoms with Crippen molar-refractivity contribution < 1.29 is 9.53 Å². The third-order valence-corrected chi connectivity index (χ3v) is 5.36. The molecule has 0 spiro atoms. The van der Waals surface area contributed by atoms with E-state index >= 15 is 0 Å². The summed E-state index contributed by atoms with van der Waals surface area (Å²) in [6, 6.07) is 10.4. The lowest BCUT2D eigenvalue weighted by molar-refractivity contribution is -0.151. The lowest BCUT2D eigenvalue weighted by Gasteiger charge is -2.18. The highest BCUT2D eigenvalue weighted by Gasteiger charge is 2.45. The SMILES string of the molecule is CCCCCCCCC(CCCC)OC(=O)C1CC1c1ccccc1. The van der Waals surface area contributed by atoms with Crippen LogP contribution in [0.5, 0.6) is 0 Å². The number of esters is 1. The Morgan fingerprint density at radius 3 is 2.32 bits per heavy atom. The first-order chi connectivity index (χ1) is 12.3. The minimum absolute atomic E-state index is 0.0425. The largest absolute Gasteiger partial charge is 0.462 e. The molecule has 1 aliphatic carbocycles. The van der Waals surface area contributed by atoms with Gasteiger partial charge in [-0.25, -0.2) is 0 Å². The van der Waals surface area contributed by atoms with Gasteiger partial charge in [-0.1, -0.05) is 89.1 Å². The standard InChI is InChI=1S/C23H36O2/c1-3-5-7-8-9-13-17-20(16-6-4-2)25-23(24)22-18-21(22)19-14-11-10-12-15-19/h10-12,14-15,20-22H,3-9,13,16-18H2,1-2H3. The van der Waals surface area contributed by atoms with E-state index in [1.807, 2.05) is 6.07 Å². The first kappa shape index (κ1) is 20.0. The van der Waals surface area contributed by atoms with Crippen molar-refractivity contribution in [3.05, 3.63) is 35.9 Å². The van der Waals surface area contributed by atoms with Crippen molar-refractivity contribution in [3.63, 3.8) is 0 Å². The third-order valence-electron chi connectivity index (χ3n) is 5.36. The lowest BCUT2D eigenvalue weighted by Crippen LogP contribution is -2.20. The topological polar surface area (TPSA) is 26.3 Å². The van der Waals surface area contributed by atoms with Gasteiger partial charge in [0, 0.05) is 0 Å². The molecular formula is C23H36O2. The first-order valence-electron chi connectivity index (χ1n) is 10.5. The van der Waals surface area contributed by atoms with Crippen LogP contribution >= 0.6 is 0 Å². The molecule has 0 radical (unpaired) electrons. The zero-order chi connectivity index (χ0) is 17.9. The van der Waals surface area contributed by atoms with Gasteiger partial charge in [-0.05, 0) is 37.2 Å². The second-order valence-corrected chi connectivity index (χ2v) is 7.62. The normalized spacial score (nSPS) is 20.2. The molecule has 0 saturated heterocycles. The monoisotopic (exact) mass is 344 g/mol. The summed E-state index contributed by atoms with van der Waals surface area (Å²) >= 11 is 0. The summed E-state index contributed by atoms with van der Waals surface area (Å²) in [5.41, 5.74) is 1.28. The number of hydrogen-bond donors (Lipinski definition) is 0. The van der Waals surface area contributed by atoms with Crippen LogP contribution in [0.1, 0.15) is 96.0 Å². The van der Waals surface area contributed by atoms with Crippen LogP contribution in [0.2, 0.25) is 0 Å². The summed E-state index contributed by atoms with van der Waals surface area (Å²) in [4.78, 5) is 12.5. The molecule has 0 heterocycles. The Balaban J connectivity index is 1.72. The molecule has 1 fully saturated rings. The van der Waals surface area contributed by atoms with Crippen LogP contribution in [0.4, 0.5) is 0 Å². The van der Waals surface area contributed by atoms with E-state index in [0.29, 0.717) is 5.92 Å². The van der Waals surface area contributed by atoms with E-state index in [1.54, 1.807) is 0 Å². The van der Waals surface area contributed by atoms with Gasteiger partial charge < -0.3 is 4.74 Å². The highest BCUT2D eigenvalue weighted by molar-refractivity contribution is 5.77. The van der Waals surface area contributed by atoms with E-state index in [0.717, 1.165) is 25.7 Å². The molecule has 0 bridgehead atoms. The van der Waals surface area contributed by atoms with Gasteiger partial charge in [0.2, 0.25) is 0 Å². The van der Waals surface area contributed by atoms with Gasteiger partial charge in [0.15, 0.2) is 0 Å². The first-order valence-corrected chi connectivity index (χ1v) is 10.5. The van der Waals surface area contributed by atoms with Crippen LogP contribution in [0.15, 0.2) is 30.3 Å². The van der Waals surface area contributed by atoms with Crippen LogP contribution in [0.25, 0.3) is 0 Å². The molecule has 3 unspecified atom stereocenters. The second-order valence-electron chi connectivity index (χ2n) is 7.62. The Morgan fingerprint density at radius 2 is 1.60 bits per heavy atom. The number of carbonyl (C=O) groups excluding carboxylic acids is 1. The molecule has 25 heavy (non-hydrogen) atoms. The molecule has 0 aliphatic heterocycles. The molecule has 140 valence electrons. The fourth-order valence-electron chi connectivity index (χ4n) is 3.62.